The van der Waals surface area contributed by atoms with E-state index < -0.39 is 0 Å². The SMILES string of the molecule is COc1cccc(-c2ccc(CNC(=O)c3c(Cl)cccc3Cl)cn2)n1. The Morgan fingerprint density at radius 2 is 1.77 bits per heavy atom. The van der Waals surface area contributed by atoms with Gasteiger partial charge in [0.25, 0.3) is 5.91 Å². The van der Waals surface area contributed by atoms with E-state index in [0.29, 0.717) is 33.9 Å². The van der Waals surface area contributed by atoms with Gasteiger partial charge in [0.1, 0.15) is 0 Å². The molecule has 0 aliphatic heterocycles. The zero-order valence-corrected chi connectivity index (χ0v) is 15.4. The molecule has 0 atom stereocenters. The number of ether oxygens (including phenoxy) is 1. The Bertz CT molecular complexity index is 910. The largest absolute Gasteiger partial charge is 0.481 e. The van der Waals surface area contributed by atoms with Gasteiger partial charge in [-0.25, -0.2) is 4.98 Å². The number of methoxy groups -OCH3 is 1. The molecular formula is C19H15Cl2N3O2. The van der Waals surface area contributed by atoms with Gasteiger partial charge in [-0.05, 0) is 29.8 Å². The van der Waals surface area contributed by atoms with Gasteiger partial charge in [0.15, 0.2) is 0 Å². The number of rotatable bonds is 5. The van der Waals surface area contributed by atoms with Crippen molar-refractivity contribution in [1.82, 2.24) is 15.3 Å². The molecule has 26 heavy (non-hydrogen) atoms. The number of amides is 1. The van der Waals surface area contributed by atoms with Crippen molar-refractivity contribution in [2.45, 2.75) is 6.54 Å². The van der Waals surface area contributed by atoms with Gasteiger partial charge >= 0.3 is 0 Å². The molecule has 1 amide bonds. The van der Waals surface area contributed by atoms with Crippen molar-refractivity contribution in [3.05, 3.63) is 75.9 Å². The molecule has 1 N–H and O–H groups in total. The average Bonchev–Trinajstić information content (AvgIpc) is 2.66. The minimum absolute atomic E-state index is 0.265. The Hall–Kier alpha value is -2.63. The van der Waals surface area contributed by atoms with Crippen molar-refractivity contribution >= 4 is 29.1 Å². The second kappa shape index (κ2) is 8.17. The monoisotopic (exact) mass is 387 g/mol. The lowest BCUT2D eigenvalue weighted by Gasteiger charge is -2.09. The molecule has 0 aliphatic carbocycles. The minimum atomic E-state index is -0.334. The number of hydrogen-bond donors (Lipinski definition) is 1. The maximum atomic E-state index is 12.3. The fraction of sp³-hybridized carbons (Fsp3) is 0.105. The second-order valence-electron chi connectivity index (χ2n) is 5.40. The van der Waals surface area contributed by atoms with Gasteiger partial charge < -0.3 is 10.1 Å². The van der Waals surface area contributed by atoms with Gasteiger partial charge in [-0.1, -0.05) is 41.4 Å². The van der Waals surface area contributed by atoms with E-state index >= 15 is 0 Å². The normalized spacial score (nSPS) is 10.4. The zero-order valence-electron chi connectivity index (χ0n) is 13.9. The highest BCUT2D eigenvalue weighted by Crippen LogP contribution is 2.24. The Morgan fingerprint density at radius 3 is 2.42 bits per heavy atom. The molecule has 0 fully saturated rings. The second-order valence-corrected chi connectivity index (χ2v) is 6.21. The first-order chi connectivity index (χ1) is 12.6. The summed E-state index contributed by atoms with van der Waals surface area (Å²) in [5, 5.41) is 3.42. The van der Waals surface area contributed by atoms with E-state index in [1.54, 1.807) is 37.6 Å². The van der Waals surface area contributed by atoms with E-state index in [1.165, 1.54) is 0 Å². The summed E-state index contributed by atoms with van der Waals surface area (Å²) in [6, 6.07) is 14.1. The van der Waals surface area contributed by atoms with Gasteiger partial charge in [-0.3, -0.25) is 9.78 Å². The molecule has 0 aliphatic rings. The molecule has 3 rings (SSSR count). The maximum Gasteiger partial charge on any atom is 0.254 e. The summed E-state index contributed by atoms with van der Waals surface area (Å²) in [6.07, 6.45) is 1.69. The van der Waals surface area contributed by atoms with E-state index in [2.05, 4.69) is 15.3 Å². The maximum absolute atomic E-state index is 12.3. The Morgan fingerprint density at radius 1 is 1.04 bits per heavy atom. The molecule has 0 saturated carbocycles. The summed E-state index contributed by atoms with van der Waals surface area (Å²) in [7, 11) is 1.57. The number of carbonyl (C=O) groups is 1. The van der Waals surface area contributed by atoms with Crippen LogP contribution in [0.4, 0.5) is 0 Å². The fourth-order valence-electron chi connectivity index (χ4n) is 2.34. The molecule has 0 radical (unpaired) electrons. The first kappa shape index (κ1) is 18.2. The van der Waals surface area contributed by atoms with Gasteiger partial charge in [0.2, 0.25) is 5.88 Å². The topological polar surface area (TPSA) is 64.1 Å². The quantitative estimate of drug-likeness (QED) is 0.704. The van der Waals surface area contributed by atoms with Crippen LogP contribution in [0.2, 0.25) is 10.0 Å². The van der Waals surface area contributed by atoms with Crippen LogP contribution in [0.5, 0.6) is 5.88 Å². The van der Waals surface area contributed by atoms with Gasteiger partial charge in [-0.2, -0.15) is 0 Å². The van der Waals surface area contributed by atoms with Crippen LogP contribution in [0.15, 0.2) is 54.7 Å². The molecule has 3 aromatic rings. The number of halogens is 2. The van der Waals surface area contributed by atoms with E-state index in [9.17, 15) is 4.79 Å². The number of nitrogens with zero attached hydrogens (tertiary/aromatic N) is 2. The standard InChI is InChI=1S/C19H15Cl2N3O2/c1-26-17-7-3-6-16(24-17)15-9-8-12(10-22-15)11-23-19(25)18-13(20)4-2-5-14(18)21/h2-10H,11H2,1H3,(H,23,25). The first-order valence-electron chi connectivity index (χ1n) is 7.77. The summed E-state index contributed by atoms with van der Waals surface area (Å²) in [5.74, 6) is 0.191. The van der Waals surface area contributed by atoms with E-state index in [1.807, 2.05) is 24.3 Å². The van der Waals surface area contributed by atoms with Crippen LogP contribution < -0.4 is 10.1 Å². The van der Waals surface area contributed by atoms with Crippen LogP contribution in [0, 0.1) is 0 Å². The average molecular weight is 388 g/mol. The summed E-state index contributed by atoms with van der Waals surface area (Å²) in [6.45, 7) is 0.305. The van der Waals surface area contributed by atoms with Crippen LogP contribution in [0.3, 0.4) is 0 Å². The number of aromatic nitrogens is 2. The molecule has 1 aromatic carbocycles. The summed E-state index contributed by atoms with van der Waals surface area (Å²) in [4.78, 5) is 21.0. The molecule has 0 saturated heterocycles. The third-order valence-corrected chi connectivity index (χ3v) is 4.29. The molecule has 132 valence electrons. The van der Waals surface area contributed by atoms with Crippen LogP contribution >= 0.6 is 23.2 Å². The molecule has 0 bridgehead atoms. The van der Waals surface area contributed by atoms with Crippen LogP contribution in [0.25, 0.3) is 11.4 Å². The Balaban J connectivity index is 1.69. The molecule has 0 spiro atoms. The number of hydrogen-bond acceptors (Lipinski definition) is 4. The van der Waals surface area contributed by atoms with Crippen LogP contribution in [0.1, 0.15) is 15.9 Å². The molecule has 7 heteroatoms. The Kier molecular flexibility index (Phi) is 5.71. The lowest BCUT2D eigenvalue weighted by molar-refractivity contribution is 0.0951. The molecule has 2 heterocycles. The predicted molar refractivity (Wildman–Crippen MR) is 102 cm³/mol. The number of carbonyl (C=O) groups excluding carboxylic acids is 1. The van der Waals surface area contributed by atoms with E-state index in [-0.39, 0.29) is 11.5 Å². The molecule has 2 aromatic heterocycles. The van der Waals surface area contributed by atoms with E-state index in [0.717, 1.165) is 5.56 Å². The zero-order chi connectivity index (χ0) is 18.5. The third-order valence-electron chi connectivity index (χ3n) is 3.66. The predicted octanol–water partition coefficient (Wildman–Crippen LogP) is 4.39. The van der Waals surface area contributed by atoms with Crippen LogP contribution in [-0.4, -0.2) is 23.0 Å². The lowest BCUT2D eigenvalue weighted by Crippen LogP contribution is -2.23. The van der Waals surface area contributed by atoms with Gasteiger partial charge in [-0.15, -0.1) is 0 Å². The fourth-order valence-corrected chi connectivity index (χ4v) is 2.91. The third kappa shape index (κ3) is 4.12. The molecular weight excluding hydrogens is 373 g/mol. The van der Waals surface area contributed by atoms with Gasteiger partial charge in [0, 0.05) is 18.8 Å². The molecule has 0 unspecified atom stereocenters. The highest BCUT2D eigenvalue weighted by atomic mass is 35.5. The summed E-state index contributed by atoms with van der Waals surface area (Å²) < 4.78 is 5.12. The first-order valence-corrected chi connectivity index (χ1v) is 8.52. The summed E-state index contributed by atoms with van der Waals surface area (Å²) in [5.41, 5.74) is 2.53. The highest BCUT2D eigenvalue weighted by molar-refractivity contribution is 6.39. The van der Waals surface area contributed by atoms with Crippen molar-refractivity contribution in [2.75, 3.05) is 7.11 Å². The number of pyridine rings is 2. The number of benzene rings is 1. The van der Waals surface area contributed by atoms with Crippen molar-refractivity contribution in [3.63, 3.8) is 0 Å². The van der Waals surface area contributed by atoms with Crippen molar-refractivity contribution in [2.24, 2.45) is 0 Å². The minimum Gasteiger partial charge on any atom is -0.481 e. The van der Waals surface area contributed by atoms with Crippen molar-refractivity contribution < 1.29 is 9.53 Å². The van der Waals surface area contributed by atoms with Crippen LogP contribution in [-0.2, 0) is 6.54 Å². The molecule has 5 nitrogen and oxygen atoms in total. The lowest BCUT2D eigenvalue weighted by atomic mass is 10.2. The van der Waals surface area contributed by atoms with Gasteiger partial charge in [0.05, 0.1) is 34.1 Å². The van der Waals surface area contributed by atoms with Crippen molar-refractivity contribution in [1.29, 1.82) is 0 Å². The smallest absolute Gasteiger partial charge is 0.254 e. The Labute approximate surface area is 161 Å². The van der Waals surface area contributed by atoms with Crippen molar-refractivity contribution in [3.8, 4) is 17.3 Å². The summed E-state index contributed by atoms with van der Waals surface area (Å²) >= 11 is 12.1. The van der Waals surface area contributed by atoms with E-state index in [4.69, 9.17) is 27.9 Å². The highest BCUT2D eigenvalue weighted by Gasteiger charge is 2.14. The number of nitrogens with one attached hydrogen (secondary N) is 1.